The van der Waals surface area contributed by atoms with E-state index in [0.717, 1.165) is 25.1 Å². The summed E-state index contributed by atoms with van der Waals surface area (Å²) in [6, 6.07) is 5.14. The van der Waals surface area contributed by atoms with Crippen LogP contribution in [0.1, 0.15) is 17.4 Å². The van der Waals surface area contributed by atoms with Crippen LogP contribution in [-0.2, 0) is 17.8 Å². The number of hydrogen-bond acceptors (Lipinski definition) is 3. The molecule has 1 N–H and O–H groups in total. The minimum Gasteiger partial charge on any atom is -0.320 e. The van der Waals surface area contributed by atoms with Crippen molar-refractivity contribution >= 4 is 22.9 Å². The number of nitrogens with one attached hydrogen (secondary N) is 1. The number of anilines is 1. The van der Waals surface area contributed by atoms with Crippen LogP contribution in [0.2, 0.25) is 0 Å². The molecular formula is C16H16F2N2OS. The van der Waals surface area contributed by atoms with Gasteiger partial charge in [-0.2, -0.15) is 0 Å². The van der Waals surface area contributed by atoms with E-state index in [1.54, 1.807) is 18.3 Å². The van der Waals surface area contributed by atoms with E-state index >= 15 is 0 Å². The number of nitrogens with zero attached hydrogens (tertiary/aromatic N) is 1. The number of thiophene rings is 1. The van der Waals surface area contributed by atoms with Crippen LogP contribution < -0.4 is 5.32 Å². The van der Waals surface area contributed by atoms with Crippen molar-refractivity contribution in [3.05, 3.63) is 51.7 Å². The third-order valence-corrected chi connectivity index (χ3v) is 5.00. The Hall–Kier alpha value is -1.79. The van der Waals surface area contributed by atoms with Crippen LogP contribution in [0.3, 0.4) is 0 Å². The van der Waals surface area contributed by atoms with Gasteiger partial charge >= 0.3 is 0 Å². The van der Waals surface area contributed by atoms with Crippen LogP contribution in [0.25, 0.3) is 0 Å². The summed E-state index contributed by atoms with van der Waals surface area (Å²) in [6.45, 7) is 3.21. The zero-order valence-electron chi connectivity index (χ0n) is 12.1. The van der Waals surface area contributed by atoms with E-state index < -0.39 is 23.6 Å². The zero-order valence-corrected chi connectivity index (χ0v) is 12.9. The summed E-state index contributed by atoms with van der Waals surface area (Å²) in [5.41, 5.74) is 0.848. The highest BCUT2D eigenvalue weighted by atomic mass is 32.1. The van der Waals surface area contributed by atoms with Gasteiger partial charge in [-0.15, -0.1) is 11.3 Å². The molecule has 0 fully saturated rings. The third kappa shape index (κ3) is 2.89. The first-order valence-electron chi connectivity index (χ1n) is 7.10. The average Bonchev–Trinajstić information content (AvgIpc) is 2.97. The molecule has 2 heterocycles. The summed E-state index contributed by atoms with van der Waals surface area (Å²) in [5, 5.41) is 4.41. The Labute approximate surface area is 131 Å². The predicted molar refractivity (Wildman–Crippen MR) is 82.9 cm³/mol. The molecule has 3 rings (SSSR count). The van der Waals surface area contributed by atoms with Gasteiger partial charge in [-0.25, -0.2) is 8.78 Å². The Morgan fingerprint density at radius 3 is 2.77 bits per heavy atom. The molecule has 6 heteroatoms. The lowest BCUT2D eigenvalue weighted by molar-refractivity contribution is -0.121. The molecule has 1 aliphatic heterocycles. The normalized spacial score (nSPS) is 16.1. The Kier molecular flexibility index (Phi) is 4.22. The minimum atomic E-state index is -0.765. The summed E-state index contributed by atoms with van der Waals surface area (Å²) in [5.74, 6) is -1.93. The van der Waals surface area contributed by atoms with Crippen molar-refractivity contribution in [1.82, 2.24) is 4.90 Å². The molecule has 0 bridgehead atoms. The molecule has 1 atom stereocenters. The summed E-state index contributed by atoms with van der Waals surface area (Å²) in [7, 11) is 0. The minimum absolute atomic E-state index is 0.382. The molecule has 0 aliphatic carbocycles. The Morgan fingerprint density at radius 1 is 1.32 bits per heavy atom. The van der Waals surface area contributed by atoms with Gasteiger partial charge in [0, 0.05) is 18.0 Å². The number of fused-ring (bicyclic) bond motifs is 1. The molecule has 0 radical (unpaired) electrons. The van der Waals surface area contributed by atoms with Crippen LogP contribution in [0.4, 0.5) is 14.5 Å². The molecule has 1 aromatic carbocycles. The maximum absolute atomic E-state index is 13.6. The molecule has 1 amide bonds. The quantitative estimate of drug-likeness (QED) is 0.939. The first-order chi connectivity index (χ1) is 10.6. The smallest absolute Gasteiger partial charge is 0.241 e. The predicted octanol–water partition coefficient (Wildman–Crippen LogP) is 3.41. The summed E-state index contributed by atoms with van der Waals surface area (Å²) >= 11 is 1.73. The van der Waals surface area contributed by atoms with Gasteiger partial charge in [-0.3, -0.25) is 9.69 Å². The van der Waals surface area contributed by atoms with E-state index in [1.807, 2.05) is 10.3 Å². The van der Waals surface area contributed by atoms with Crippen LogP contribution in [-0.4, -0.2) is 23.4 Å². The van der Waals surface area contributed by atoms with Gasteiger partial charge < -0.3 is 5.32 Å². The van der Waals surface area contributed by atoms with Crippen molar-refractivity contribution in [3.8, 4) is 0 Å². The lowest BCUT2D eigenvalue weighted by Crippen LogP contribution is -2.44. The van der Waals surface area contributed by atoms with Gasteiger partial charge in [0.05, 0.1) is 6.04 Å². The fourth-order valence-electron chi connectivity index (χ4n) is 2.61. The number of benzene rings is 1. The highest BCUT2D eigenvalue weighted by Gasteiger charge is 2.26. The molecule has 0 spiro atoms. The molecule has 0 saturated carbocycles. The van der Waals surface area contributed by atoms with E-state index in [9.17, 15) is 13.6 Å². The third-order valence-electron chi connectivity index (χ3n) is 3.98. The van der Waals surface area contributed by atoms with Gasteiger partial charge in [0.15, 0.2) is 0 Å². The van der Waals surface area contributed by atoms with Crippen molar-refractivity contribution in [2.24, 2.45) is 0 Å². The second-order valence-electron chi connectivity index (χ2n) is 5.35. The van der Waals surface area contributed by atoms with Crippen LogP contribution in [0, 0.1) is 11.6 Å². The molecule has 22 heavy (non-hydrogen) atoms. The highest BCUT2D eigenvalue weighted by Crippen LogP contribution is 2.26. The fourth-order valence-corrected chi connectivity index (χ4v) is 3.50. The summed E-state index contributed by atoms with van der Waals surface area (Å²) in [6.07, 6.45) is 0.901. The van der Waals surface area contributed by atoms with Gasteiger partial charge in [0.2, 0.25) is 5.91 Å². The highest BCUT2D eigenvalue weighted by molar-refractivity contribution is 7.10. The lowest BCUT2D eigenvalue weighted by Gasteiger charge is -2.31. The van der Waals surface area contributed by atoms with Crippen molar-refractivity contribution in [3.63, 3.8) is 0 Å². The van der Waals surface area contributed by atoms with Gasteiger partial charge in [-0.1, -0.05) is 6.07 Å². The first-order valence-corrected chi connectivity index (χ1v) is 7.98. The van der Waals surface area contributed by atoms with Crippen LogP contribution >= 0.6 is 11.3 Å². The number of halogens is 2. The first kappa shape index (κ1) is 15.1. The van der Waals surface area contributed by atoms with Crippen molar-refractivity contribution in [2.45, 2.75) is 25.9 Å². The second kappa shape index (κ2) is 6.14. The topological polar surface area (TPSA) is 32.3 Å². The SMILES string of the molecule is CC(C(=O)Nc1c(F)cccc1F)N1CCc2sccc2C1. The largest absolute Gasteiger partial charge is 0.320 e. The standard InChI is InChI=1S/C16H16F2N2OS/c1-10(20-7-5-14-11(9-20)6-8-22-14)16(21)19-15-12(17)3-2-4-13(15)18/h2-4,6,8,10H,5,7,9H2,1H3,(H,19,21). The number of carbonyl (C=O) groups excluding carboxylic acids is 1. The van der Waals surface area contributed by atoms with Crippen molar-refractivity contribution < 1.29 is 13.6 Å². The van der Waals surface area contributed by atoms with E-state index in [0.29, 0.717) is 6.54 Å². The number of para-hydroxylation sites is 1. The number of rotatable bonds is 3. The summed E-state index contributed by atoms with van der Waals surface area (Å²) < 4.78 is 27.2. The van der Waals surface area contributed by atoms with E-state index in [1.165, 1.54) is 16.5 Å². The monoisotopic (exact) mass is 322 g/mol. The molecule has 1 unspecified atom stereocenters. The van der Waals surface area contributed by atoms with Gasteiger partial charge in [0.1, 0.15) is 17.3 Å². The lowest BCUT2D eigenvalue weighted by atomic mass is 10.1. The number of hydrogen-bond donors (Lipinski definition) is 1. The number of amides is 1. The molecule has 116 valence electrons. The Balaban J connectivity index is 1.70. The Bertz CT molecular complexity index is 681. The van der Waals surface area contributed by atoms with Crippen LogP contribution in [0.5, 0.6) is 0 Å². The van der Waals surface area contributed by atoms with Crippen molar-refractivity contribution in [2.75, 3.05) is 11.9 Å². The Morgan fingerprint density at radius 2 is 2.05 bits per heavy atom. The molecule has 1 aromatic heterocycles. The van der Waals surface area contributed by atoms with Gasteiger partial charge in [0.25, 0.3) is 0 Å². The number of carbonyl (C=O) groups is 1. The summed E-state index contributed by atoms with van der Waals surface area (Å²) in [4.78, 5) is 15.7. The average molecular weight is 322 g/mol. The van der Waals surface area contributed by atoms with E-state index in [-0.39, 0.29) is 5.69 Å². The van der Waals surface area contributed by atoms with E-state index in [4.69, 9.17) is 0 Å². The fraction of sp³-hybridized carbons (Fsp3) is 0.312. The van der Waals surface area contributed by atoms with Crippen molar-refractivity contribution in [1.29, 1.82) is 0 Å². The molecule has 0 saturated heterocycles. The van der Waals surface area contributed by atoms with Crippen LogP contribution in [0.15, 0.2) is 29.6 Å². The zero-order chi connectivity index (χ0) is 15.7. The molecule has 3 nitrogen and oxygen atoms in total. The maximum Gasteiger partial charge on any atom is 0.241 e. The molecule has 2 aromatic rings. The molecular weight excluding hydrogens is 306 g/mol. The van der Waals surface area contributed by atoms with Gasteiger partial charge in [-0.05, 0) is 42.5 Å². The second-order valence-corrected chi connectivity index (χ2v) is 6.35. The maximum atomic E-state index is 13.6. The van der Waals surface area contributed by atoms with E-state index in [2.05, 4.69) is 11.4 Å². The molecule has 1 aliphatic rings.